The van der Waals surface area contributed by atoms with Gasteiger partial charge in [-0.15, -0.1) is 0 Å². The van der Waals surface area contributed by atoms with Crippen LogP contribution in [0, 0.1) is 5.82 Å². The number of H-pyrrole nitrogens is 1. The number of thioether (sulfide) groups is 1. The fourth-order valence-electron chi connectivity index (χ4n) is 2.60. The number of nitrogens with one attached hydrogen (secondary N) is 2. The summed E-state index contributed by atoms with van der Waals surface area (Å²) in [5.74, 6) is -0.449. The number of nitrogens with zero attached hydrogens (tertiary/aromatic N) is 1. The molecule has 0 fully saturated rings. The highest BCUT2D eigenvalue weighted by Gasteiger charge is 2.32. The molecule has 120 valence electrons. The van der Waals surface area contributed by atoms with Crippen molar-refractivity contribution in [2.24, 2.45) is 0 Å². The molecule has 0 saturated heterocycles. The quantitative estimate of drug-likeness (QED) is 0.615. The fourth-order valence-corrected chi connectivity index (χ4v) is 3.58. The number of halogens is 2. The molecule has 23 heavy (non-hydrogen) atoms. The Morgan fingerprint density at radius 3 is 2.96 bits per heavy atom. The standard InChI is InChI=1S/C15H13BrFN3O2S/c1-2-23-15-19-13-12(14(22)20-15)9(6-11(21)18-13)8-5-7(16)3-4-10(8)17/h3-5,9H,2,6H2,1H3,(H2,18,19,20,21,22)/t9-/m1/s1. The topological polar surface area (TPSA) is 74.8 Å². The molecular formula is C15H13BrFN3O2S. The van der Waals surface area contributed by atoms with Gasteiger partial charge in [-0.05, 0) is 29.5 Å². The van der Waals surface area contributed by atoms with Crippen molar-refractivity contribution in [3.8, 4) is 0 Å². The van der Waals surface area contributed by atoms with Gasteiger partial charge in [0.05, 0.1) is 5.56 Å². The third-order valence-electron chi connectivity index (χ3n) is 3.54. The smallest absolute Gasteiger partial charge is 0.257 e. The molecule has 8 heteroatoms. The second kappa shape index (κ2) is 6.45. The van der Waals surface area contributed by atoms with E-state index in [0.717, 1.165) is 5.75 Å². The van der Waals surface area contributed by atoms with Gasteiger partial charge < -0.3 is 10.3 Å². The molecule has 3 rings (SSSR count). The Hall–Kier alpha value is -1.67. The largest absolute Gasteiger partial charge is 0.310 e. The summed E-state index contributed by atoms with van der Waals surface area (Å²) in [4.78, 5) is 31.4. The Morgan fingerprint density at radius 2 is 2.22 bits per heavy atom. The lowest BCUT2D eigenvalue weighted by Gasteiger charge is -2.24. The molecule has 1 aromatic heterocycles. The van der Waals surface area contributed by atoms with Gasteiger partial charge in [0.25, 0.3) is 5.56 Å². The van der Waals surface area contributed by atoms with Crippen LogP contribution in [0.3, 0.4) is 0 Å². The Labute approximate surface area is 144 Å². The molecule has 1 atom stereocenters. The number of hydrogen-bond donors (Lipinski definition) is 2. The third kappa shape index (κ3) is 3.18. The molecule has 1 aliphatic rings. The molecular weight excluding hydrogens is 385 g/mol. The lowest BCUT2D eigenvalue weighted by molar-refractivity contribution is -0.116. The minimum atomic E-state index is -0.659. The SMILES string of the molecule is CCSc1nc2c(c(=O)[nH]1)[C@@H](c1cc(Br)ccc1F)CC(=O)N2. The molecule has 1 amide bonds. The van der Waals surface area contributed by atoms with E-state index in [2.05, 4.69) is 31.2 Å². The van der Waals surface area contributed by atoms with Crippen molar-refractivity contribution < 1.29 is 9.18 Å². The summed E-state index contributed by atoms with van der Waals surface area (Å²) in [7, 11) is 0. The summed E-state index contributed by atoms with van der Waals surface area (Å²) >= 11 is 4.66. The van der Waals surface area contributed by atoms with Gasteiger partial charge >= 0.3 is 0 Å². The van der Waals surface area contributed by atoms with E-state index < -0.39 is 11.7 Å². The first kappa shape index (κ1) is 16.2. The van der Waals surface area contributed by atoms with E-state index in [9.17, 15) is 14.0 Å². The summed E-state index contributed by atoms with van der Waals surface area (Å²) in [6.45, 7) is 1.93. The maximum atomic E-state index is 14.2. The average molecular weight is 398 g/mol. The van der Waals surface area contributed by atoms with Crippen molar-refractivity contribution in [2.45, 2.75) is 24.4 Å². The number of anilines is 1. The van der Waals surface area contributed by atoms with Crippen molar-refractivity contribution in [3.63, 3.8) is 0 Å². The van der Waals surface area contributed by atoms with Gasteiger partial charge in [0.2, 0.25) is 5.91 Å². The summed E-state index contributed by atoms with van der Waals surface area (Å²) in [6.07, 6.45) is 0.00536. The van der Waals surface area contributed by atoms with Crippen LogP contribution in [0.5, 0.6) is 0 Å². The van der Waals surface area contributed by atoms with Crippen LogP contribution in [0.1, 0.15) is 30.4 Å². The molecule has 0 unspecified atom stereocenters. The van der Waals surface area contributed by atoms with E-state index in [0.29, 0.717) is 20.8 Å². The van der Waals surface area contributed by atoms with Gasteiger partial charge in [0.1, 0.15) is 11.6 Å². The number of fused-ring (bicyclic) bond motifs is 1. The zero-order valence-electron chi connectivity index (χ0n) is 12.2. The number of rotatable bonds is 3. The molecule has 1 aliphatic heterocycles. The number of carbonyl (C=O) groups is 1. The molecule has 0 aliphatic carbocycles. The van der Waals surface area contributed by atoms with Crippen LogP contribution < -0.4 is 10.9 Å². The zero-order valence-corrected chi connectivity index (χ0v) is 14.6. The van der Waals surface area contributed by atoms with Crippen LogP contribution >= 0.6 is 27.7 Å². The van der Waals surface area contributed by atoms with Gasteiger partial charge in [-0.2, -0.15) is 0 Å². The van der Waals surface area contributed by atoms with E-state index in [1.165, 1.54) is 17.8 Å². The van der Waals surface area contributed by atoms with E-state index in [1.54, 1.807) is 12.1 Å². The molecule has 5 nitrogen and oxygen atoms in total. The maximum absolute atomic E-state index is 14.2. The van der Waals surface area contributed by atoms with Crippen LogP contribution in [0.15, 0.2) is 32.6 Å². The average Bonchev–Trinajstić information content (AvgIpc) is 2.48. The fraction of sp³-hybridized carbons (Fsp3) is 0.267. The molecule has 2 heterocycles. The first-order chi connectivity index (χ1) is 11.0. The van der Waals surface area contributed by atoms with Gasteiger partial charge in [-0.3, -0.25) is 9.59 Å². The minimum Gasteiger partial charge on any atom is -0.310 e. The van der Waals surface area contributed by atoms with Crippen molar-refractivity contribution in [3.05, 3.63) is 50.0 Å². The molecule has 0 bridgehead atoms. The normalized spacial score (nSPS) is 16.8. The van der Waals surface area contributed by atoms with Crippen LogP contribution in [0.4, 0.5) is 10.2 Å². The van der Waals surface area contributed by atoms with Gasteiger partial charge in [0, 0.05) is 16.8 Å². The number of hydrogen-bond acceptors (Lipinski definition) is 4. The predicted octanol–water partition coefficient (Wildman–Crippen LogP) is 3.26. The molecule has 0 spiro atoms. The maximum Gasteiger partial charge on any atom is 0.257 e. The van der Waals surface area contributed by atoms with E-state index >= 15 is 0 Å². The number of aromatic nitrogens is 2. The van der Waals surface area contributed by atoms with Crippen LogP contribution in [0.2, 0.25) is 0 Å². The van der Waals surface area contributed by atoms with E-state index in [1.807, 2.05) is 6.92 Å². The second-order valence-electron chi connectivity index (χ2n) is 5.04. The van der Waals surface area contributed by atoms with Crippen molar-refractivity contribution in [1.82, 2.24) is 9.97 Å². The molecule has 2 aromatic rings. The van der Waals surface area contributed by atoms with Crippen molar-refractivity contribution in [1.29, 1.82) is 0 Å². The lowest BCUT2D eigenvalue weighted by Crippen LogP contribution is -2.31. The van der Waals surface area contributed by atoms with Gasteiger partial charge in [0.15, 0.2) is 5.16 Å². The highest BCUT2D eigenvalue weighted by atomic mass is 79.9. The zero-order chi connectivity index (χ0) is 16.6. The summed E-state index contributed by atoms with van der Waals surface area (Å²) in [5, 5.41) is 3.05. The number of benzene rings is 1. The first-order valence-electron chi connectivity index (χ1n) is 7.01. The third-order valence-corrected chi connectivity index (χ3v) is 4.79. The first-order valence-corrected chi connectivity index (χ1v) is 8.79. The van der Waals surface area contributed by atoms with Crippen LogP contribution in [0.25, 0.3) is 0 Å². The van der Waals surface area contributed by atoms with Crippen molar-refractivity contribution >= 4 is 39.4 Å². The summed E-state index contributed by atoms with van der Waals surface area (Å²) in [5.41, 5.74) is 0.246. The van der Waals surface area contributed by atoms with Crippen LogP contribution in [-0.2, 0) is 4.79 Å². The molecule has 0 radical (unpaired) electrons. The number of amides is 1. The molecule has 1 aromatic carbocycles. The Balaban J connectivity index is 2.17. The molecule has 2 N–H and O–H groups in total. The minimum absolute atomic E-state index is 0.00536. The monoisotopic (exact) mass is 397 g/mol. The van der Waals surface area contributed by atoms with E-state index in [4.69, 9.17) is 0 Å². The Morgan fingerprint density at radius 1 is 1.43 bits per heavy atom. The Kier molecular flexibility index (Phi) is 4.54. The van der Waals surface area contributed by atoms with Crippen molar-refractivity contribution in [2.75, 3.05) is 11.1 Å². The van der Waals surface area contributed by atoms with Crippen LogP contribution in [-0.4, -0.2) is 21.6 Å². The highest BCUT2D eigenvalue weighted by molar-refractivity contribution is 9.10. The Bertz CT molecular complexity index is 840. The van der Waals surface area contributed by atoms with E-state index in [-0.39, 0.29) is 23.7 Å². The summed E-state index contributed by atoms with van der Waals surface area (Å²) < 4.78 is 14.9. The molecule has 0 saturated carbocycles. The second-order valence-corrected chi connectivity index (χ2v) is 7.21. The summed E-state index contributed by atoms with van der Waals surface area (Å²) in [6, 6.07) is 4.48. The van der Waals surface area contributed by atoms with Gasteiger partial charge in [-0.25, -0.2) is 9.37 Å². The number of carbonyl (C=O) groups excluding carboxylic acids is 1. The predicted molar refractivity (Wildman–Crippen MR) is 90.4 cm³/mol. The highest BCUT2D eigenvalue weighted by Crippen LogP contribution is 2.36. The lowest BCUT2D eigenvalue weighted by atomic mass is 9.86. The number of aromatic amines is 1. The van der Waals surface area contributed by atoms with Gasteiger partial charge in [-0.1, -0.05) is 34.6 Å².